The second-order valence-corrected chi connectivity index (χ2v) is 7.34. The number of Topliss-reactive ketones (excluding diaryl/α,β-unsaturated/α-hetero) is 2. The first-order chi connectivity index (χ1) is 12.9. The number of benzene rings is 2. The van der Waals surface area contributed by atoms with Crippen molar-refractivity contribution in [1.82, 2.24) is 4.57 Å². The molecule has 27 heavy (non-hydrogen) atoms. The number of halogens is 2. The maximum Gasteiger partial charge on any atom is 0.197 e. The van der Waals surface area contributed by atoms with Crippen molar-refractivity contribution in [2.75, 3.05) is 0 Å². The summed E-state index contributed by atoms with van der Waals surface area (Å²) in [6.07, 6.45) is 1.68. The molecule has 0 aliphatic heterocycles. The molecule has 0 radical (unpaired) electrons. The zero-order valence-electron chi connectivity index (χ0n) is 14.7. The summed E-state index contributed by atoms with van der Waals surface area (Å²) in [5.41, 5.74) is 4.70. The first-order valence-electron chi connectivity index (χ1n) is 8.43. The van der Waals surface area contributed by atoms with E-state index < -0.39 is 0 Å². The van der Waals surface area contributed by atoms with Crippen molar-refractivity contribution in [3.8, 4) is 5.69 Å². The van der Waals surface area contributed by atoms with Gasteiger partial charge in [0.05, 0.1) is 15.6 Å². The maximum absolute atomic E-state index is 12.6. The normalized spacial score (nSPS) is 13.3. The van der Waals surface area contributed by atoms with E-state index in [1.54, 1.807) is 42.5 Å². The lowest BCUT2D eigenvalue weighted by atomic mass is 10.1. The molecule has 0 spiro atoms. The molecule has 0 N–H and O–H groups in total. The number of aryl methyl sites for hydroxylation is 1. The predicted octanol–water partition coefficient (Wildman–Crippen LogP) is 5.86. The average molecular weight is 396 g/mol. The van der Waals surface area contributed by atoms with Crippen molar-refractivity contribution in [1.29, 1.82) is 0 Å². The van der Waals surface area contributed by atoms with E-state index in [1.165, 1.54) is 0 Å². The molecule has 0 atom stereocenters. The summed E-state index contributed by atoms with van der Waals surface area (Å²) in [5.74, 6) is -0.454. The highest BCUT2D eigenvalue weighted by Crippen LogP contribution is 2.31. The van der Waals surface area contributed by atoms with Gasteiger partial charge in [-0.1, -0.05) is 47.5 Å². The Labute approximate surface area is 166 Å². The van der Waals surface area contributed by atoms with Gasteiger partial charge in [-0.3, -0.25) is 9.59 Å². The van der Waals surface area contributed by atoms with E-state index in [0.717, 1.165) is 22.6 Å². The fourth-order valence-corrected chi connectivity index (χ4v) is 3.81. The fourth-order valence-electron chi connectivity index (χ4n) is 3.51. The van der Waals surface area contributed by atoms with Crippen LogP contribution in [-0.2, 0) is 0 Å². The summed E-state index contributed by atoms with van der Waals surface area (Å²) in [7, 11) is 0. The van der Waals surface area contributed by atoms with Gasteiger partial charge in [0.2, 0.25) is 0 Å². The number of fused-ring (bicyclic) bond motifs is 1. The molecule has 2 aromatic carbocycles. The molecule has 1 aromatic heterocycles. The fraction of sp³-hybridized carbons (Fsp3) is 0.0909. The lowest BCUT2D eigenvalue weighted by Gasteiger charge is -2.10. The molecule has 1 heterocycles. The van der Waals surface area contributed by atoms with Crippen LogP contribution >= 0.6 is 23.2 Å². The number of carbonyl (C=O) groups excluding carboxylic acids is 2. The molecular weight excluding hydrogens is 381 g/mol. The number of ketones is 2. The highest BCUT2D eigenvalue weighted by molar-refractivity contribution is 6.42. The Kier molecular flexibility index (Phi) is 4.29. The van der Waals surface area contributed by atoms with Gasteiger partial charge in [-0.05, 0) is 49.8 Å². The smallest absolute Gasteiger partial charge is 0.197 e. The molecular formula is C22H15Cl2NO2. The standard InChI is InChI=1S/C22H15Cl2NO2/c1-12-9-14(13(2)25(12)15-7-8-19(23)20(24)11-15)10-18-21(26)16-5-3-4-6-17(16)22(18)27/h3-11H,1-2H3. The van der Waals surface area contributed by atoms with Crippen LogP contribution < -0.4 is 0 Å². The Bertz CT molecular complexity index is 1120. The predicted molar refractivity (Wildman–Crippen MR) is 108 cm³/mol. The molecule has 1 aliphatic rings. The summed E-state index contributed by atoms with van der Waals surface area (Å²) >= 11 is 12.2. The molecule has 0 amide bonds. The van der Waals surface area contributed by atoms with Crippen molar-refractivity contribution in [2.45, 2.75) is 13.8 Å². The van der Waals surface area contributed by atoms with Crippen molar-refractivity contribution in [2.24, 2.45) is 0 Å². The summed E-state index contributed by atoms with van der Waals surface area (Å²) in [4.78, 5) is 25.3. The Hall–Kier alpha value is -2.62. The Balaban J connectivity index is 1.81. The van der Waals surface area contributed by atoms with Crippen molar-refractivity contribution in [3.63, 3.8) is 0 Å². The van der Waals surface area contributed by atoms with Crippen LogP contribution in [0.25, 0.3) is 11.8 Å². The zero-order valence-corrected chi connectivity index (χ0v) is 16.2. The summed E-state index contributed by atoms with van der Waals surface area (Å²) < 4.78 is 2.02. The molecule has 0 saturated carbocycles. The van der Waals surface area contributed by atoms with Crippen LogP contribution in [0.2, 0.25) is 10.0 Å². The summed E-state index contributed by atoms with van der Waals surface area (Å²) in [5, 5.41) is 0.961. The van der Waals surface area contributed by atoms with Gasteiger partial charge in [-0.15, -0.1) is 0 Å². The molecule has 3 aromatic rings. The lowest BCUT2D eigenvalue weighted by molar-refractivity contribution is 0.0990. The van der Waals surface area contributed by atoms with Gasteiger partial charge in [-0.2, -0.15) is 0 Å². The number of hydrogen-bond acceptors (Lipinski definition) is 2. The topological polar surface area (TPSA) is 39.1 Å². The second kappa shape index (κ2) is 6.52. The second-order valence-electron chi connectivity index (χ2n) is 6.52. The monoisotopic (exact) mass is 395 g/mol. The molecule has 4 rings (SSSR count). The van der Waals surface area contributed by atoms with Gasteiger partial charge in [0.25, 0.3) is 0 Å². The highest BCUT2D eigenvalue weighted by atomic mass is 35.5. The minimum Gasteiger partial charge on any atom is -0.318 e. The van der Waals surface area contributed by atoms with E-state index >= 15 is 0 Å². The molecule has 0 saturated heterocycles. The van der Waals surface area contributed by atoms with Crippen molar-refractivity contribution >= 4 is 40.8 Å². The van der Waals surface area contributed by atoms with Gasteiger partial charge in [0.1, 0.15) is 0 Å². The number of aromatic nitrogens is 1. The Morgan fingerprint density at radius 2 is 1.48 bits per heavy atom. The van der Waals surface area contributed by atoms with Crippen LogP contribution in [0.4, 0.5) is 0 Å². The third kappa shape index (κ3) is 2.84. The van der Waals surface area contributed by atoms with Crippen LogP contribution in [0.5, 0.6) is 0 Å². The van der Waals surface area contributed by atoms with Gasteiger partial charge < -0.3 is 4.57 Å². The molecule has 134 valence electrons. The van der Waals surface area contributed by atoms with Crippen LogP contribution in [0, 0.1) is 13.8 Å². The zero-order chi connectivity index (χ0) is 19.3. The van der Waals surface area contributed by atoms with Gasteiger partial charge in [0.15, 0.2) is 11.6 Å². The van der Waals surface area contributed by atoms with Crippen LogP contribution in [0.1, 0.15) is 37.7 Å². The Morgan fingerprint density at radius 1 is 0.852 bits per heavy atom. The molecule has 0 bridgehead atoms. The molecule has 0 fully saturated rings. The number of hydrogen-bond donors (Lipinski definition) is 0. The van der Waals surface area contributed by atoms with Crippen molar-refractivity contribution < 1.29 is 9.59 Å². The van der Waals surface area contributed by atoms with E-state index in [9.17, 15) is 9.59 Å². The van der Waals surface area contributed by atoms with E-state index in [1.807, 2.05) is 30.5 Å². The number of rotatable bonds is 2. The largest absolute Gasteiger partial charge is 0.318 e. The number of allylic oxidation sites excluding steroid dienone is 1. The van der Waals surface area contributed by atoms with Crippen LogP contribution in [0.15, 0.2) is 54.1 Å². The maximum atomic E-state index is 12.6. The van der Waals surface area contributed by atoms with Crippen molar-refractivity contribution in [3.05, 3.63) is 92.2 Å². The minimum atomic E-state index is -0.227. The van der Waals surface area contributed by atoms with Gasteiger partial charge >= 0.3 is 0 Å². The van der Waals surface area contributed by atoms with Crippen LogP contribution in [-0.4, -0.2) is 16.1 Å². The van der Waals surface area contributed by atoms with Gasteiger partial charge in [0, 0.05) is 28.2 Å². The summed E-state index contributed by atoms with van der Waals surface area (Å²) in [6.45, 7) is 3.91. The first kappa shape index (κ1) is 17.8. The first-order valence-corrected chi connectivity index (χ1v) is 9.18. The highest BCUT2D eigenvalue weighted by Gasteiger charge is 2.32. The van der Waals surface area contributed by atoms with E-state index in [2.05, 4.69) is 0 Å². The molecule has 0 unspecified atom stereocenters. The molecule has 1 aliphatic carbocycles. The van der Waals surface area contributed by atoms with E-state index in [0.29, 0.717) is 21.2 Å². The third-order valence-corrected chi connectivity index (χ3v) is 5.58. The number of nitrogens with zero attached hydrogens (tertiary/aromatic N) is 1. The lowest BCUT2D eigenvalue weighted by Crippen LogP contribution is -2.01. The quantitative estimate of drug-likeness (QED) is 0.402. The number of carbonyl (C=O) groups is 2. The molecule has 3 nitrogen and oxygen atoms in total. The third-order valence-electron chi connectivity index (χ3n) is 4.84. The van der Waals surface area contributed by atoms with E-state index in [4.69, 9.17) is 23.2 Å². The van der Waals surface area contributed by atoms with Crippen LogP contribution in [0.3, 0.4) is 0 Å². The van der Waals surface area contributed by atoms with Gasteiger partial charge in [-0.25, -0.2) is 0 Å². The SMILES string of the molecule is Cc1cc(C=C2C(=O)c3ccccc3C2=O)c(C)n1-c1ccc(Cl)c(Cl)c1. The average Bonchev–Trinajstić information content (AvgIpc) is 3.06. The summed E-state index contributed by atoms with van der Waals surface area (Å²) in [6, 6.07) is 14.3. The Morgan fingerprint density at radius 3 is 2.07 bits per heavy atom. The molecule has 5 heteroatoms. The minimum absolute atomic E-state index is 0.200. The van der Waals surface area contributed by atoms with E-state index in [-0.39, 0.29) is 17.1 Å².